The summed E-state index contributed by atoms with van der Waals surface area (Å²) < 4.78 is 10.7. The summed E-state index contributed by atoms with van der Waals surface area (Å²) in [5.41, 5.74) is 2.18. The van der Waals surface area contributed by atoms with Crippen LogP contribution in [0.15, 0.2) is 41.5 Å². The van der Waals surface area contributed by atoms with Crippen LogP contribution in [0.1, 0.15) is 18.1 Å². The Balaban J connectivity index is 0.00000341. The number of anilines is 1. The molecule has 2 N–H and O–H groups in total. The van der Waals surface area contributed by atoms with Crippen molar-refractivity contribution in [1.29, 1.82) is 0 Å². The summed E-state index contributed by atoms with van der Waals surface area (Å²) in [5, 5.41) is 7.40. The van der Waals surface area contributed by atoms with Gasteiger partial charge in [-0.15, -0.1) is 24.0 Å². The average molecular weight is 560 g/mol. The van der Waals surface area contributed by atoms with Gasteiger partial charge in [0, 0.05) is 43.0 Å². The van der Waals surface area contributed by atoms with Crippen LogP contribution in [0.4, 0.5) is 5.82 Å². The molecule has 0 spiro atoms. The van der Waals surface area contributed by atoms with Gasteiger partial charge in [0.25, 0.3) is 0 Å². The van der Waals surface area contributed by atoms with E-state index < -0.39 is 0 Å². The third-order valence-corrected chi connectivity index (χ3v) is 5.23. The Hall–Kier alpha value is -1.78. The topological polar surface area (TPSA) is 71.0 Å². The number of hydrogen-bond acceptors (Lipinski definition) is 5. The first-order valence-corrected chi connectivity index (χ1v) is 10.7. The number of morpholine rings is 1. The molecule has 2 aromatic rings. The molecule has 1 aromatic carbocycles. The van der Waals surface area contributed by atoms with Crippen LogP contribution in [0, 0.1) is 0 Å². The van der Waals surface area contributed by atoms with Crippen molar-refractivity contribution in [2.75, 3.05) is 51.4 Å². The van der Waals surface area contributed by atoms with Crippen molar-refractivity contribution in [2.45, 2.75) is 19.9 Å². The summed E-state index contributed by atoms with van der Waals surface area (Å²) in [6.07, 6.45) is 2.62. The van der Waals surface area contributed by atoms with Gasteiger partial charge < -0.3 is 25.0 Å². The van der Waals surface area contributed by atoms with Crippen LogP contribution in [0.2, 0.25) is 5.02 Å². The Morgan fingerprint density at radius 1 is 1.23 bits per heavy atom. The number of pyridine rings is 1. The van der Waals surface area contributed by atoms with Crippen molar-refractivity contribution in [1.82, 2.24) is 15.6 Å². The highest BCUT2D eigenvalue weighted by atomic mass is 127. The molecule has 3 rings (SSSR count). The lowest BCUT2D eigenvalue weighted by Gasteiger charge is -2.29. The predicted octanol–water partition coefficient (Wildman–Crippen LogP) is 3.50. The fourth-order valence-electron chi connectivity index (χ4n) is 3.29. The highest BCUT2D eigenvalue weighted by Crippen LogP contribution is 2.22. The van der Waals surface area contributed by atoms with E-state index in [1.807, 2.05) is 30.5 Å². The van der Waals surface area contributed by atoms with Crippen LogP contribution in [-0.2, 0) is 17.7 Å². The van der Waals surface area contributed by atoms with Gasteiger partial charge in [0.1, 0.15) is 11.6 Å². The van der Waals surface area contributed by atoms with Crippen LogP contribution in [-0.4, -0.2) is 57.4 Å². The molecule has 1 aliphatic rings. The summed E-state index contributed by atoms with van der Waals surface area (Å²) in [6, 6.07) is 9.81. The number of halogens is 2. The number of hydrogen-bond donors (Lipinski definition) is 2. The number of aliphatic imine (C=N–C) groups is 1. The van der Waals surface area contributed by atoms with Gasteiger partial charge in [0.2, 0.25) is 0 Å². The van der Waals surface area contributed by atoms with E-state index in [0.29, 0.717) is 11.6 Å². The first-order chi connectivity index (χ1) is 14.7. The number of guanidine groups is 1. The lowest BCUT2D eigenvalue weighted by Crippen LogP contribution is -2.38. The molecule has 0 radical (unpaired) electrons. The highest BCUT2D eigenvalue weighted by Gasteiger charge is 2.15. The van der Waals surface area contributed by atoms with Crippen LogP contribution >= 0.6 is 35.6 Å². The Labute approximate surface area is 206 Å². The molecule has 0 bridgehead atoms. The molecule has 2 heterocycles. The Morgan fingerprint density at radius 3 is 2.74 bits per heavy atom. The molecular formula is C22H31ClIN5O2. The number of benzene rings is 1. The van der Waals surface area contributed by atoms with E-state index in [2.05, 4.69) is 33.5 Å². The molecule has 0 unspecified atom stereocenters. The molecule has 0 saturated carbocycles. The number of rotatable bonds is 8. The van der Waals surface area contributed by atoms with Crippen LogP contribution in [0.5, 0.6) is 5.75 Å². The minimum Gasteiger partial charge on any atom is -0.497 e. The van der Waals surface area contributed by atoms with Crippen molar-refractivity contribution in [2.24, 2.45) is 4.99 Å². The Kier molecular flexibility index (Phi) is 11.2. The minimum atomic E-state index is 0. The summed E-state index contributed by atoms with van der Waals surface area (Å²) in [6.45, 7) is 7.30. The number of nitrogens with one attached hydrogen (secondary N) is 2. The van der Waals surface area contributed by atoms with Gasteiger partial charge in [-0.2, -0.15) is 0 Å². The lowest BCUT2D eigenvalue weighted by atomic mass is 10.1. The largest absolute Gasteiger partial charge is 0.497 e. The van der Waals surface area contributed by atoms with Gasteiger partial charge in [0.15, 0.2) is 5.96 Å². The quantitative estimate of drug-likeness (QED) is 0.293. The maximum Gasteiger partial charge on any atom is 0.191 e. The first kappa shape index (κ1) is 25.5. The lowest BCUT2D eigenvalue weighted by molar-refractivity contribution is 0.122. The molecule has 9 heteroatoms. The first-order valence-electron chi connectivity index (χ1n) is 10.3. The summed E-state index contributed by atoms with van der Waals surface area (Å²) in [7, 11) is 1.64. The molecular weight excluding hydrogens is 529 g/mol. The Morgan fingerprint density at radius 2 is 2.03 bits per heavy atom. The highest BCUT2D eigenvalue weighted by molar-refractivity contribution is 14.0. The summed E-state index contributed by atoms with van der Waals surface area (Å²) in [4.78, 5) is 11.6. The van der Waals surface area contributed by atoms with E-state index in [-0.39, 0.29) is 24.0 Å². The second-order valence-corrected chi connectivity index (χ2v) is 7.32. The smallest absolute Gasteiger partial charge is 0.191 e. The maximum atomic E-state index is 6.34. The number of methoxy groups -OCH3 is 1. The molecule has 0 aliphatic carbocycles. The molecule has 1 saturated heterocycles. The standard InChI is InChI=1S/C22H30ClN5O2.HI/c1-3-24-22(26-10-8-17-6-7-19(29-2)15-20(17)23)27-16-18-5-4-9-25-21(18)28-11-13-30-14-12-28;/h4-7,9,15H,3,8,10-14,16H2,1-2H3,(H2,24,26,27);1H. The zero-order valence-corrected chi connectivity index (χ0v) is 21.2. The fraction of sp³-hybridized carbons (Fsp3) is 0.455. The number of aromatic nitrogens is 1. The van der Waals surface area contributed by atoms with Gasteiger partial charge in [-0.25, -0.2) is 9.98 Å². The predicted molar refractivity (Wildman–Crippen MR) is 137 cm³/mol. The van der Waals surface area contributed by atoms with Gasteiger partial charge in [-0.3, -0.25) is 0 Å². The summed E-state index contributed by atoms with van der Waals surface area (Å²) >= 11 is 6.34. The molecule has 1 aliphatic heterocycles. The van der Waals surface area contributed by atoms with Crippen LogP contribution < -0.4 is 20.3 Å². The maximum absolute atomic E-state index is 6.34. The molecule has 1 fully saturated rings. The SMILES string of the molecule is CCNC(=NCc1cccnc1N1CCOCC1)NCCc1ccc(OC)cc1Cl.I. The minimum absolute atomic E-state index is 0. The van der Waals surface area contributed by atoms with Gasteiger partial charge >= 0.3 is 0 Å². The van der Waals surface area contributed by atoms with Crippen molar-refractivity contribution >= 4 is 47.4 Å². The third-order valence-electron chi connectivity index (χ3n) is 4.88. The number of nitrogens with zero attached hydrogens (tertiary/aromatic N) is 3. The Bertz CT molecular complexity index is 846. The van der Waals surface area contributed by atoms with Crippen LogP contribution in [0.3, 0.4) is 0 Å². The van der Waals surface area contributed by atoms with Crippen molar-refractivity contribution in [3.05, 3.63) is 52.7 Å². The van der Waals surface area contributed by atoms with Crippen molar-refractivity contribution < 1.29 is 9.47 Å². The van der Waals surface area contributed by atoms with E-state index in [4.69, 9.17) is 26.1 Å². The van der Waals surface area contributed by atoms with E-state index in [0.717, 1.165) is 74.5 Å². The second kappa shape index (κ2) is 13.6. The van der Waals surface area contributed by atoms with E-state index in [1.54, 1.807) is 7.11 Å². The zero-order valence-electron chi connectivity index (χ0n) is 18.1. The van der Waals surface area contributed by atoms with Gasteiger partial charge in [-0.1, -0.05) is 23.7 Å². The monoisotopic (exact) mass is 559 g/mol. The summed E-state index contributed by atoms with van der Waals surface area (Å²) in [5.74, 6) is 2.53. The molecule has 7 nitrogen and oxygen atoms in total. The van der Waals surface area contributed by atoms with Gasteiger partial charge in [-0.05, 0) is 37.1 Å². The number of ether oxygens (including phenoxy) is 2. The van der Waals surface area contributed by atoms with Gasteiger partial charge in [0.05, 0.1) is 26.9 Å². The van der Waals surface area contributed by atoms with E-state index >= 15 is 0 Å². The molecule has 1 aromatic heterocycles. The van der Waals surface area contributed by atoms with E-state index in [9.17, 15) is 0 Å². The molecule has 170 valence electrons. The normalized spacial score (nSPS) is 14.0. The average Bonchev–Trinajstić information content (AvgIpc) is 2.79. The molecule has 31 heavy (non-hydrogen) atoms. The second-order valence-electron chi connectivity index (χ2n) is 6.91. The molecule has 0 atom stereocenters. The van der Waals surface area contributed by atoms with E-state index in [1.165, 1.54) is 0 Å². The third kappa shape index (κ3) is 7.69. The van der Waals surface area contributed by atoms with Crippen molar-refractivity contribution in [3.63, 3.8) is 0 Å². The molecule has 0 amide bonds. The van der Waals surface area contributed by atoms with Crippen LogP contribution in [0.25, 0.3) is 0 Å². The fourth-order valence-corrected chi connectivity index (χ4v) is 3.56. The van der Waals surface area contributed by atoms with Crippen molar-refractivity contribution in [3.8, 4) is 5.75 Å². The zero-order chi connectivity index (χ0) is 21.2.